The molecule has 1 aliphatic heterocycles. The Morgan fingerprint density at radius 2 is 1.97 bits per heavy atom. The highest BCUT2D eigenvalue weighted by Gasteiger charge is 2.40. The molecule has 8 nitrogen and oxygen atoms in total. The summed E-state index contributed by atoms with van der Waals surface area (Å²) in [7, 11) is 0. The average molecular weight is 477 g/mol. The number of fused-ring (bicyclic) bond motifs is 1. The number of aromatic nitrogens is 1. The Morgan fingerprint density at radius 1 is 1.21 bits per heavy atom. The predicted octanol–water partition coefficient (Wildman–Crippen LogP) is 3.60. The summed E-state index contributed by atoms with van der Waals surface area (Å²) < 4.78 is 29.7. The zero-order valence-corrected chi connectivity index (χ0v) is 18.0. The number of amides is 2. The maximum Gasteiger partial charge on any atom is 0.294 e. The number of para-hydroxylation sites is 1. The second-order valence-corrected chi connectivity index (χ2v) is 8.15. The number of hydrogen-bond donors (Lipinski definition) is 1. The van der Waals surface area contributed by atoms with Crippen LogP contribution < -0.4 is 5.32 Å². The minimum Gasteiger partial charge on any atom is -0.350 e. The minimum atomic E-state index is -1.40. The lowest BCUT2D eigenvalue weighted by Gasteiger charge is -2.24. The van der Waals surface area contributed by atoms with Crippen molar-refractivity contribution in [2.24, 2.45) is 0 Å². The first kappa shape index (κ1) is 22.7. The van der Waals surface area contributed by atoms with Crippen LogP contribution in [0.25, 0.3) is 10.9 Å². The van der Waals surface area contributed by atoms with Crippen LogP contribution in [0, 0.1) is 15.9 Å². The Labute approximate surface area is 191 Å². The van der Waals surface area contributed by atoms with Gasteiger partial charge in [-0.1, -0.05) is 35.9 Å². The van der Waals surface area contributed by atoms with Gasteiger partial charge in [0.2, 0.25) is 11.8 Å². The molecule has 0 radical (unpaired) electrons. The third kappa shape index (κ3) is 4.51. The van der Waals surface area contributed by atoms with E-state index in [1.54, 1.807) is 24.3 Å². The number of hydrogen-bond acceptors (Lipinski definition) is 4. The van der Waals surface area contributed by atoms with E-state index >= 15 is 0 Å². The molecule has 1 aliphatic rings. The van der Waals surface area contributed by atoms with Gasteiger partial charge < -0.3 is 14.8 Å². The topological polar surface area (TPSA) is 97.5 Å². The van der Waals surface area contributed by atoms with Crippen LogP contribution in [-0.2, 0) is 22.7 Å². The number of benzene rings is 2. The van der Waals surface area contributed by atoms with E-state index in [0.717, 1.165) is 4.90 Å². The Hall–Kier alpha value is -3.53. The third-order valence-electron chi connectivity index (χ3n) is 5.63. The quantitative estimate of drug-likeness (QED) is 0.434. The molecule has 3 aromatic rings. The molecule has 0 bridgehead atoms. The first-order valence-corrected chi connectivity index (χ1v) is 10.5. The van der Waals surface area contributed by atoms with Crippen LogP contribution in [0.2, 0.25) is 5.02 Å². The number of carbonyl (C=O) groups excluding carboxylic acids is 2. The summed E-state index contributed by atoms with van der Waals surface area (Å²) >= 11 is 5.75. The molecule has 2 amide bonds. The molecule has 0 saturated carbocycles. The lowest BCUT2D eigenvalue weighted by Crippen LogP contribution is -2.46. The largest absolute Gasteiger partial charge is 0.350 e. The number of nitro groups is 1. The van der Waals surface area contributed by atoms with E-state index in [1.807, 2.05) is 0 Å². The molecule has 172 valence electrons. The van der Waals surface area contributed by atoms with E-state index in [0.29, 0.717) is 10.9 Å². The third-order valence-corrected chi connectivity index (χ3v) is 5.92. The number of carbonyl (C=O) groups is 2. The second kappa shape index (κ2) is 9.14. The molecule has 0 spiro atoms. The van der Waals surface area contributed by atoms with Gasteiger partial charge in [0.15, 0.2) is 0 Å². The second-order valence-electron chi connectivity index (χ2n) is 7.74. The Kier molecular flexibility index (Phi) is 6.28. The van der Waals surface area contributed by atoms with Crippen LogP contribution in [0.5, 0.6) is 0 Å². The summed E-state index contributed by atoms with van der Waals surface area (Å²) in [5.41, 5.74) is 0.488. The van der Waals surface area contributed by atoms with Crippen molar-refractivity contribution < 1.29 is 23.3 Å². The molecular weight excluding hydrogens is 458 g/mol. The van der Waals surface area contributed by atoms with E-state index < -0.39 is 34.8 Å². The van der Waals surface area contributed by atoms with E-state index in [2.05, 4.69) is 5.32 Å². The highest BCUT2D eigenvalue weighted by atomic mass is 35.5. The summed E-state index contributed by atoms with van der Waals surface area (Å²) in [6.07, 6.45) is -0.339. The molecule has 0 aliphatic carbocycles. The van der Waals surface area contributed by atoms with Crippen molar-refractivity contribution in [3.8, 4) is 0 Å². The number of rotatable bonds is 6. The van der Waals surface area contributed by atoms with Gasteiger partial charge in [0, 0.05) is 18.5 Å². The van der Waals surface area contributed by atoms with Crippen molar-refractivity contribution >= 4 is 40.0 Å². The zero-order valence-electron chi connectivity index (χ0n) is 17.2. The van der Waals surface area contributed by atoms with Crippen LogP contribution in [0.3, 0.4) is 0 Å². The van der Waals surface area contributed by atoms with E-state index in [1.165, 1.54) is 29.0 Å². The van der Waals surface area contributed by atoms with Crippen LogP contribution in [0.1, 0.15) is 12.0 Å². The van der Waals surface area contributed by atoms with Gasteiger partial charge in [0.05, 0.1) is 33.6 Å². The number of nitrogens with one attached hydrogen (secondary N) is 1. The van der Waals surface area contributed by atoms with Gasteiger partial charge in [0.1, 0.15) is 24.6 Å². The van der Waals surface area contributed by atoms with Crippen molar-refractivity contribution in [3.05, 3.63) is 75.2 Å². The van der Waals surface area contributed by atoms with E-state index in [4.69, 9.17) is 11.6 Å². The molecule has 0 unspecified atom stereocenters. The van der Waals surface area contributed by atoms with Crippen LogP contribution in [-0.4, -0.2) is 45.0 Å². The SMILES string of the molecule is O=C(NCc1cccc(Cl)c1F)[C@@H]1C[C@@H](F)CN1C(=O)Cn1cc([N+](=O)[O-])c2ccccc21. The Balaban J connectivity index is 1.50. The van der Waals surface area contributed by atoms with Crippen molar-refractivity contribution in [1.29, 1.82) is 0 Å². The fourth-order valence-electron chi connectivity index (χ4n) is 4.03. The van der Waals surface area contributed by atoms with Crippen molar-refractivity contribution in [3.63, 3.8) is 0 Å². The van der Waals surface area contributed by atoms with Crippen LogP contribution in [0.15, 0.2) is 48.7 Å². The molecule has 1 aromatic heterocycles. The first-order valence-electron chi connectivity index (χ1n) is 10.1. The van der Waals surface area contributed by atoms with Gasteiger partial charge >= 0.3 is 0 Å². The molecule has 2 atom stereocenters. The van der Waals surface area contributed by atoms with Crippen molar-refractivity contribution in [1.82, 2.24) is 14.8 Å². The van der Waals surface area contributed by atoms with Crippen LogP contribution in [0.4, 0.5) is 14.5 Å². The summed E-state index contributed by atoms with van der Waals surface area (Å²) in [6.45, 7) is -0.743. The fourth-order valence-corrected chi connectivity index (χ4v) is 4.23. The van der Waals surface area contributed by atoms with Gasteiger partial charge in [-0.2, -0.15) is 0 Å². The number of nitrogens with zero attached hydrogens (tertiary/aromatic N) is 3. The van der Waals surface area contributed by atoms with Gasteiger partial charge in [-0.3, -0.25) is 19.7 Å². The lowest BCUT2D eigenvalue weighted by atomic mass is 10.1. The maximum atomic E-state index is 14.2. The van der Waals surface area contributed by atoms with E-state index in [9.17, 15) is 28.5 Å². The summed E-state index contributed by atoms with van der Waals surface area (Å²) in [6, 6.07) is 9.85. The summed E-state index contributed by atoms with van der Waals surface area (Å²) in [5, 5.41) is 14.2. The van der Waals surface area contributed by atoms with E-state index in [-0.39, 0.29) is 42.3 Å². The normalized spacial score (nSPS) is 18.0. The summed E-state index contributed by atoms with van der Waals surface area (Å²) in [5.74, 6) is -1.84. The fraction of sp³-hybridized carbons (Fsp3) is 0.273. The molecule has 1 saturated heterocycles. The summed E-state index contributed by atoms with van der Waals surface area (Å²) in [4.78, 5) is 37.6. The monoisotopic (exact) mass is 476 g/mol. The van der Waals surface area contributed by atoms with Gasteiger partial charge in [-0.25, -0.2) is 8.78 Å². The Morgan fingerprint density at radius 3 is 2.73 bits per heavy atom. The molecule has 2 aromatic carbocycles. The molecule has 1 N–H and O–H groups in total. The molecule has 2 heterocycles. The number of likely N-dealkylation sites (tertiary alicyclic amines) is 1. The van der Waals surface area contributed by atoms with Crippen LogP contribution >= 0.6 is 11.6 Å². The van der Waals surface area contributed by atoms with Crippen molar-refractivity contribution in [2.75, 3.05) is 6.54 Å². The number of alkyl halides is 1. The minimum absolute atomic E-state index is 0.0868. The van der Waals surface area contributed by atoms with Crippen molar-refractivity contribution in [2.45, 2.75) is 31.7 Å². The average Bonchev–Trinajstić information content (AvgIpc) is 3.36. The predicted molar refractivity (Wildman–Crippen MR) is 117 cm³/mol. The molecule has 1 fully saturated rings. The highest BCUT2D eigenvalue weighted by molar-refractivity contribution is 6.30. The highest BCUT2D eigenvalue weighted by Crippen LogP contribution is 2.28. The van der Waals surface area contributed by atoms with Gasteiger partial charge in [0.25, 0.3) is 5.69 Å². The first-order chi connectivity index (χ1) is 15.8. The number of halogens is 3. The molecular formula is C22H19ClF2N4O4. The van der Waals surface area contributed by atoms with Gasteiger partial charge in [-0.15, -0.1) is 0 Å². The molecule has 4 rings (SSSR count). The molecule has 33 heavy (non-hydrogen) atoms. The standard InChI is InChI=1S/C22H19ClF2N4O4/c23-16-6-3-4-13(21(16)25)9-26-22(31)18-8-14(24)10-28(18)20(30)12-27-11-19(29(32)33)15-5-1-2-7-17(15)27/h1-7,11,14,18H,8-10,12H2,(H,26,31)/t14-,18+/m1/s1. The smallest absolute Gasteiger partial charge is 0.294 e. The maximum absolute atomic E-state index is 14.2. The Bertz CT molecular complexity index is 1250. The lowest BCUT2D eigenvalue weighted by molar-refractivity contribution is -0.383. The zero-order chi connectivity index (χ0) is 23.7. The van der Waals surface area contributed by atoms with Gasteiger partial charge in [-0.05, 0) is 18.2 Å². The molecule has 11 heteroatoms.